The van der Waals surface area contributed by atoms with E-state index in [2.05, 4.69) is 10.3 Å². The van der Waals surface area contributed by atoms with E-state index in [9.17, 15) is 13.2 Å². The molecule has 0 spiro atoms. The number of rotatable bonds is 5. The van der Waals surface area contributed by atoms with Crippen molar-refractivity contribution in [2.24, 2.45) is 0 Å². The summed E-state index contributed by atoms with van der Waals surface area (Å²) in [7, 11) is -3.23. The van der Waals surface area contributed by atoms with Crippen LogP contribution in [0.15, 0.2) is 52.1 Å². The lowest BCUT2D eigenvalue weighted by Gasteiger charge is -2.13. The Labute approximate surface area is 154 Å². The summed E-state index contributed by atoms with van der Waals surface area (Å²) in [5.41, 5.74) is 1.21. The number of aromatic nitrogens is 1. The van der Waals surface area contributed by atoms with E-state index in [0.717, 1.165) is 15.4 Å². The van der Waals surface area contributed by atoms with Gasteiger partial charge in [0.2, 0.25) is 0 Å². The zero-order chi connectivity index (χ0) is 18.0. The zero-order valence-corrected chi connectivity index (χ0v) is 16.0. The summed E-state index contributed by atoms with van der Waals surface area (Å²) in [6, 6.07) is 10.2. The summed E-state index contributed by atoms with van der Waals surface area (Å²) >= 11 is 3.02. The fourth-order valence-corrected chi connectivity index (χ4v) is 4.49. The monoisotopic (exact) mass is 392 g/mol. The fourth-order valence-electron chi connectivity index (χ4n) is 2.25. The predicted molar refractivity (Wildman–Crippen MR) is 101 cm³/mol. The molecular weight excluding hydrogens is 376 g/mol. The highest BCUT2D eigenvalue weighted by molar-refractivity contribution is 7.90. The van der Waals surface area contributed by atoms with Crippen molar-refractivity contribution in [3.8, 4) is 9.88 Å². The Morgan fingerprint density at radius 3 is 2.48 bits per heavy atom. The Morgan fingerprint density at radius 1 is 1.16 bits per heavy atom. The van der Waals surface area contributed by atoms with Crippen molar-refractivity contribution in [1.29, 1.82) is 0 Å². The van der Waals surface area contributed by atoms with Crippen LogP contribution in [0.25, 0.3) is 9.88 Å². The summed E-state index contributed by atoms with van der Waals surface area (Å²) in [5.74, 6) is -0.251. The van der Waals surface area contributed by atoms with Crippen LogP contribution in [0.2, 0.25) is 0 Å². The summed E-state index contributed by atoms with van der Waals surface area (Å²) in [6.45, 7) is 1.85. The van der Waals surface area contributed by atoms with Crippen LogP contribution in [0, 0.1) is 0 Å². The Morgan fingerprint density at radius 2 is 1.88 bits per heavy atom. The number of carbonyl (C=O) groups is 1. The second-order valence-corrected chi connectivity index (χ2v) is 9.37. The van der Waals surface area contributed by atoms with Gasteiger partial charge in [0.05, 0.1) is 15.8 Å². The number of hydrogen-bond acceptors (Lipinski definition) is 6. The smallest absolute Gasteiger partial charge is 0.271 e. The number of sulfone groups is 1. The molecule has 1 aromatic carbocycles. The molecule has 8 heteroatoms. The van der Waals surface area contributed by atoms with Crippen LogP contribution < -0.4 is 5.32 Å². The molecule has 0 aliphatic carbocycles. The van der Waals surface area contributed by atoms with Gasteiger partial charge in [-0.1, -0.05) is 18.2 Å². The first-order valence-corrected chi connectivity index (χ1v) is 11.1. The van der Waals surface area contributed by atoms with Crippen molar-refractivity contribution < 1.29 is 13.2 Å². The van der Waals surface area contributed by atoms with Crippen molar-refractivity contribution in [3.05, 3.63) is 58.4 Å². The number of carbonyl (C=O) groups excluding carboxylic acids is 1. The lowest BCUT2D eigenvalue weighted by molar-refractivity contribution is 0.0935. The normalized spacial score (nSPS) is 12.7. The average molecular weight is 393 g/mol. The lowest BCUT2D eigenvalue weighted by Crippen LogP contribution is -2.26. The predicted octanol–water partition coefficient (Wildman–Crippen LogP) is 3.77. The van der Waals surface area contributed by atoms with E-state index >= 15 is 0 Å². The third-order valence-corrected chi connectivity index (χ3v) is 6.63. The van der Waals surface area contributed by atoms with Gasteiger partial charge < -0.3 is 5.32 Å². The van der Waals surface area contributed by atoms with Crippen LogP contribution in [0.4, 0.5) is 0 Å². The maximum Gasteiger partial charge on any atom is 0.271 e. The van der Waals surface area contributed by atoms with Gasteiger partial charge in [0.25, 0.3) is 5.91 Å². The summed E-state index contributed by atoms with van der Waals surface area (Å²) in [6.07, 6.45) is 1.17. The standard InChI is InChI=1S/C17H16N2O3S3/c1-11(12-5-7-13(8-6-12)25(2,21)22)18-16(20)14-10-24-17(19-14)15-4-3-9-23-15/h3-11H,1-2H3,(H,18,20). The van der Waals surface area contributed by atoms with E-state index < -0.39 is 9.84 Å². The molecule has 0 saturated carbocycles. The Balaban J connectivity index is 1.70. The Bertz CT molecular complexity index is 975. The fraction of sp³-hybridized carbons (Fsp3) is 0.176. The quantitative estimate of drug-likeness (QED) is 0.717. The number of thiophene rings is 1. The van der Waals surface area contributed by atoms with Crippen LogP contribution in [0.5, 0.6) is 0 Å². The molecule has 1 N–H and O–H groups in total. The molecule has 2 heterocycles. The number of nitrogens with zero attached hydrogens (tertiary/aromatic N) is 1. The van der Waals surface area contributed by atoms with Crippen LogP contribution in [0.3, 0.4) is 0 Å². The van der Waals surface area contributed by atoms with Gasteiger partial charge in [-0.3, -0.25) is 4.79 Å². The number of benzene rings is 1. The van der Waals surface area contributed by atoms with Gasteiger partial charge >= 0.3 is 0 Å². The van der Waals surface area contributed by atoms with Crippen LogP contribution in [-0.4, -0.2) is 25.6 Å². The SMILES string of the molecule is CC(NC(=O)c1csc(-c2cccs2)n1)c1ccc(S(C)(=O)=O)cc1. The third kappa shape index (κ3) is 4.15. The van der Waals surface area contributed by atoms with Crippen molar-refractivity contribution in [2.45, 2.75) is 17.9 Å². The average Bonchev–Trinajstić information content (AvgIpc) is 3.25. The van der Waals surface area contributed by atoms with E-state index in [-0.39, 0.29) is 16.8 Å². The molecule has 1 amide bonds. The molecule has 0 fully saturated rings. The first-order chi connectivity index (χ1) is 11.8. The van der Waals surface area contributed by atoms with Gasteiger partial charge in [0.15, 0.2) is 9.84 Å². The molecular formula is C17H16N2O3S3. The van der Waals surface area contributed by atoms with Crippen molar-refractivity contribution in [2.75, 3.05) is 6.26 Å². The van der Waals surface area contributed by atoms with Crippen molar-refractivity contribution in [1.82, 2.24) is 10.3 Å². The zero-order valence-electron chi connectivity index (χ0n) is 13.6. The molecule has 0 saturated heterocycles. The minimum absolute atomic E-state index is 0.251. The third-order valence-electron chi connectivity index (χ3n) is 3.62. The highest BCUT2D eigenvalue weighted by atomic mass is 32.2. The lowest BCUT2D eigenvalue weighted by atomic mass is 10.1. The second kappa shape index (κ2) is 7.07. The molecule has 130 valence electrons. The van der Waals surface area contributed by atoms with Gasteiger partial charge in [-0.25, -0.2) is 13.4 Å². The maximum atomic E-state index is 12.4. The molecule has 3 rings (SSSR count). The minimum atomic E-state index is -3.23. The molecule has 0 radical (unpaired) electrons. The molecule has 0 aliphatic heterocycles. The van der Waals surface area contributed by atoms with Crippen LogP contribution >= 0.6 is 22.7 Å². The Hall–Kier alpha value is -2.03. The molecule has 3 aromatic rings. The first-order valence-electron chi connectivity index (χ1n) is 7.45. The first kappa shape index (κ1) is 17.8. The van der Waals surface area contributed by atoms with Gasteiger partial charge in [0.1, 0.15) is 10.7 Å². The number of thiazole rings is 1. The summed E-state index contributed by atoms with van der Waals surface area (Å²) in [4.78, 5) is 18.1. The number of hydrogen-bond donors (Lipinski definition) is 1. The number of amides is 1. The molecule has 0 bridgehead atoms. The second-order valence-electron chi connectivity index (χ2n) is 5.55. The highest BCUT2D eigenvalue weighted by Gasteiger charge is 2.16. The van der Waals surface area contributed by atoms with Crippen molar-refractivity contribution in [3.63, 3.8) is 0 Å². The van der Waals surface area contributed by atoms with E-state index in [1.165, 1.54) is 17.6 Å². The van der Waals surface area contributed by atoms with Gasteiger partial charge in [-0.15, -0.1) is 22.7 Å². The van der Waals surface area contributed by atoms with Gasteiger partial charge in [-0.05, 0) is 36.1 Å². The molecule has 5 nitrogen and oxygen atoms in total. The molecule has 25 heavy (non-hydrogen) atoms. The van der Waals surface area contributed by atoms with E-state index in [1.807, 2.05) is 24.4 Å². The van der Waals surface area contributed by atoms with Gasteiger partial charge in [0, 0.05) is 11.6 Å². The maximum absolute atomic E-state index is 12.4. The van der Waals surface area contributed by atoms with Crippen LogP contribution in [-0.2, 0) is 9.84 Å². The molecule has 0 aliphatic rings. The van der Waals surface area contributed by atoms with E-state index in [0.29, 0.717) is 5.69 Å². The minimum Gasteiger partial charge on any atom is -0.344 e. The Kier molecular flexibility index (Phi) is 5.03. The molecule has 1 atom stereocenters. The topological polar surface area (TPSA) is 76.1 Å². The number of nitrogens with one attached hydrogen (secondary N) is 1. The largest absolute Gasteiger partial charge is 0.344 e. The van der Waals surface area contributed by atoms with Crippen LogP contribution in [0.1, 0.15) is 29.0 Å². The summed E-state index contributed by atoms with van der Waals surface area (Å²) in [5, 5.41) is 7.42. The molecule has 1 unspecified atom stereocenters. The van der Waals surface area contributed by atoms with Crippen molar-refractivity contribution >= 4 is 38.4 Å². The van der Waals surface area contributed by atoms with E-state index in [4.69, 9.17) is 0 Å². The molecule has 2 aromatic heterocycles. The highest BCUT2D eigenvalue weighted by Crippen LogP contribution is 2.28. The summed E-state index contributed by atoms with van der Waals surface area (Å²) < 4.78 is 23.0. The van der Waals surface area contributed by atoms with Gasteiger partial charge in [-0.2, -0.15) is 0 Å². The van der Waals surface area contributed by atoms with E-state index in [1.54, 1.807) is 41.0 Å².